The summed E-state index contributed by atoms with van der Waals surface area (Å²) in [5, 5.41) is 26.6. The number of isothiocyanates is 1. The van der Waals surface area contributed by atoms with Gasteiger partial charge in [0.05, 0.1) is 63.1 Å². The number of rotatable bonds is 22. The molecule has 0 radical (unpaired) electrons. The molecule has 12 aromatic rings. The number of nitrogens with two attached hydrogens (primary N) is 1. The lowest BCUT2D eigenvalue weighted by Crippen LogP contribution is -2.32. The molecule has 0 bridgehead atoms. The van der Waals surface area contributed by atoms with E-state index in [-0.39, 0.29) is 97.6 Å². The number of amides is 2. The number of alkyl halides is 12. The lowest BCUT2D eigenvalue weighted by Gasteiger charge is -2.22. The summed E-state index contributed by atoms with van der Waals surface area (Å²) in [5.74, 6) is 1.21. The Bertz CT molecular complexity index is 5980. The van der Waals surface area contributed by atoms with Gasteiger partial charge in [-0.1, -0.05) is 181 Å². The predicted octanol–water partition coefficient (Wildman–Crippen LogP) is 22.8. The fraction of sp³-hybridized carbons (Fsp3) is 0.250. The monoisotopic (exact) mass is 1940 g/mol. The van der Waals surface area contributed by atoms with Gasteiger partial charge in [0, 0.05) is 33.9 Å². The summed E-state index contributed by atoms with van der Waals surface area (Å²) in [6.07, 6.45) is -13.9. The van der Waals surface area contributed by atoms with E-state index in [1.54, 1.807) is 89.8 Å². The number of carbonyl (C=O) groups is 2. The molecule has 2 aliphatic heterocycles. The molecule has 2 amide bonds. The molecule has 2 fully saturated rings. The van der Waals surface area contributed by atoms with Crippen molar-refractivity contribution in [3.8, 4) is 68.5 Å². The number of ether oxygens (including phenoxy) is 3. The molecule has 0 saturated carbocycles. The van der Waals surface area contributed by atoms with Crippen LogP contribution in [0.4, 0.5) is 64.1 Å². The Hall–Kier alpha value is -11.9. The highest BCUT2D eigenvalue weighted by molar-refractivity contribution is 8.16. The van der Waals surface area contributed by atoms with E-state index in [1.165, 1.54) is 146 Å². The second kappa shape index (κ2) is 47.1. The fourth-order valence-corrected chi connectivity index (χ4v) is 14.6. The third-order valence-corrected chi connectivity index (χ3v) is 21.7. The van der Waals surface area contributed by atoms with Gasteiger partial charge in [-0.3, -0.25) is 24.8 Å². The number of aromatic nitrogens is 9. The SMILES string of the molecule is C.C.Cc1ccc(C(C)C)c(N2C(=N)SCC2=O)c1.Cc1ccc(C(C)C)c(N2C(=O)CSC2=NC(=S)NCC(F)c2ccc(-c3ncn(-c4ccc(OC(F)(F)F)cc4)n3)cc2)c1.Cc1ccc(S(=O)(=O)Cl)cc1.Cl.FC(CN=C=S)c1ccc(-c2ncn(-c3ccc(OC(F)(F)F)cc3)n2)cc1.NCC(F)c1ccc(-c2ncn(-c3ccc(OC(F)(F)F)cc3)n2)cc1. The van der Waals surface area contributed by atoms with Crippen molar-refractivity contribution >= 4 is 124 Å². The van der Waals surface area contributed by atoms with Crippen molar-refractivity contribution in [3.63, 3.8) is 0 Å². The molecule has 3 unspecified atom stereocenters. The molecule has 5 heterocycles. The molecule has 14 rings (SSSR count). The van der Waals surface area contributed by atoms with Gasteiger partial charge in [-0.25, -0.2) is 55.6 Å². The van der Waals surface area contributed by atoms with Gasteiger partial charge in [-0.2, -0.15) is 4.99 Å². The number of carbonyl (C=O) groups excluding carboxylic acids is 2. The number of thiocarbonyl (C=S) groups is 2. The van der Waals surface area contributed by atoms with Crippen LogP contribution in [0, 0.1) is 26.2 Å². The first-order chi connectivity index (χ1) is 60.1. The summed E-state index contributed by atoms with van der Waals surface area (Å²) in [7, 11) is 1.54. The van der Waals surface area contributed by atoms with E-state index < -0.39 is 46.7 Å². The van der Waals surface area contributed by atoms with E-state index in [0.29, 0.717) is 89.9 Å². The predicted molar refractivity (Wildman–Crippen MR) is 492 cm³/mol. The van der Waals surface area contributed by atoms with Gasteiger partial charge in [-0.05, 0) is 193 Å². The Morgan fingerprint density at radius 1 is 0.531 bits per heavy atom. The van der Waals surface area contributed by atoms with Crippen molar-refractivity contribution in [2.24, 2.45) is 15.7 Å². The van der Waals surface area contributed by atoms with Crippen molar-refractivity contribution in [2.75, 3.05) is 40.9 Å². The molecule has 688 valence electrons. The molecule has 3 atom stereocenters. The number of halogens is 14. The van der Waals surface area contributed by atoms with Crippen LogP contribution < -0.4 is 35.1 Å². The first-order valence-corrected chi connectivity index (χ1v) is 43.1. The van der Waals surface area contributed by atoms with E-state index in [0.717, 1.165) is 39.2 Å². The zero-order chi connectivity index (χ0) is 92.2. The summed E-state index contributed by atoms with van der Waals surface area (Å²) in [6.45, 7) is 13.9. The highest BCUT2D eigenvalue weighted by Gasteiger charge is 2.36. The topological polar surface area (TPSA) is 281 Å². The standard InChI is InChI=1S/C31H28F4N6O2S2.C18H12F4N4OS.C17H14F4N4O.C13H16N2OS.C7H7ClO2S.2CH4.ClH/c1-18(2)24-13-4-19(3)14-26(24)41-27(42)16-45-30(41)38-29(44)36-15-25(32)20-5-7-21(8-6-20)28-37-17-40(39-28)22-9-11-23(12-10-22)43-31(33,34)35;19-16(9-23-11-28)12-1-3-13(4-2-12)17-24-10-26(25-17)14-5-7-15(8-6-14)27-18(20,21)22;18-15(9-22)11-1-3-12(4-2-11)16-23-10-25(24-16)13-5-7-14(8-6-13)26-17(19,20)21;1-8(2)10-5-4-9(3)6-11(10)15-12(16)7-17-13(15)14;1-6-2-4-7(5-3-6)11(8,9)10;;;/h4-14,17-18,25H,15-16H2,1-3H3,(H,36,44);1-8,10,16H,9H2;1-8,10,15H,9,22H2;4-6,8,14H,7H2,1-3H3;2-5H,1H3;2*1H4;1H. The maximum absolute atomic E-state index is 15.1. The minimum Gasteiger partial charge on any atom is -0.406 e. The summed E-state index contributed by atoms with van der Waals surface area (Å²) in [6, 6.07) is 53.8. The van der Waals surface area contributed by atoms with Crippen molar-refractivity contribution in [3.05, 3.63) is 270 Å². The Morgan fingerprint density at radius 2 is 0.877 bits per heavy atom. The number of hydrogen-bond donors (Lipinski definition) is 3. The van der Waals surface area contributed by atoms with Crippen LogP contribution in [0.3, 0.4) is 0 Å². The van der Waals surface area contributed by atoms with E-state index in [9.17, 15) is 66.3 Å². The number of amidine groups is 2. The second-order valence-electron chi connectivity index (χ2n) is 28.2. The molecule has 2 saturated heterocycles. The maximum Gasteiger partial charge on any atom is 0.573 e. The van der Waals surface area contributed by atoms with Crippen LogP contribution in [0.5, 0.6) is 17.2 Å². The van der Waals surface area contributed by atoms with Gasteiger partial charge in [0.15, 0.2) is 32.9 Å². The molecule has 42 heteroatoms. The summed E-state index contributed by atoms with van der Waals surface area (Å²) >= 11 is 12.4. The summed E-state index contributed by atoms with van der Waals surface area (Å²) in [4.78, 5) is 48.5. The first kappa shape index (κ1) is 105. The highest BCUT2D eigenvalue weighted by atomic mass is 35.7. The quantitative estimate of drug-likeness (QED) is 0.0246. The molecule has 9 aromatic carbocycles. The Kier molecular flexibility index (Phi) is 38.1. The van der Waals surface area contributed by atoms with Gasteiger partial charge >= 0.3 is 19.1 Å². The first-order valence-electron chi connectivity index (χ1n) is 38.0. The maximum atomic E-state index is 15.1. The van der Waals surface area contributed by atoms with Gasteiger partial charge in [0.1, 0.15) is 54.7 Å². The lowest BCUT2D eigenvalue weighted by atomic mass is 9.99. The fourth-order valence-electron chi connectivity index (χ4n) is 11.9. The van der Waals surface area contributed by atoms with Crippen LogP contribution in [-0.2, 0) is 18.6 Å². The van der Waals surface area contributed by atoms with Gasteiger partial charge in [0.2, 0.25) is 11.8 Å². The number of thioether (sulfide) groups is 2. The molecule has 0 aliphatic carbocycles. The largest absolute Gasteiger partial charge is 0.573 e. The lowest BCUT2D eigenvalue weighted by molar-refractivity contribution is -0.275. The van der Waals surface area contributed by atoms with Crippen molar-refractivity contribution in [2.45, 2.75) is 118 Å². The molecule has 23 nitrogen and oxygen atoms in total. The summed E-state index contributed by atoms with van der Waals surface area (Å²) in [5.41, 5.74) is 17.0. The number of nitrogens with one attached hydrogen (secondary N) is 2. The molecule has 3 aromatic heterocycles. The molecule has 4 N–H and O–H groups in total. The van der Waals surface area contributed by atoms with Gasteiger partial charge < -0.3 is 25.3 Å². The van der Waals surface area contributed by atoms with E-state index in [4.69, 9.17) is 34.0 Å². The van der Waals surface area contributed by atoms with Crippen molar-refractivity contribution in [1.29, 1.82) is 5.41 Å². The molecular formula is C88H86Cl2F12N16O7S5. The number of nitrogens with zero attached hydrogens (tertiary/aromatic N) is 13. The highest BCUT2D eigenvalue weighted by Crippen LogP contribution is 2.38. The van der Waals surface area contributed by atoms with Crippen LogP contribution in [0.2, 0.25) is 0 Å². The molecule has 130 heavy (non-hydrogen) atoms. The third-order valence-electron chi connectivity index (χ3n) is 18.2. The minimum absolute atomic E-state index is 0. The van der Waals surface area contributed by atoms with Crippen LogP contribution >= 0.6 is 71.0 Å². The Morgan fingerprint density at radius 3 is 1.22 bits per heavy atom. The van der Waals surface area contributed by atoms with E-state index in [1.807, 2.05) is 45.0 Å². The Balaban J connectivity index is 0.000000237. The van der Waals surface area contributed by atoms with Gasteiger partial charge in [0.25, 0.3) is 9.05 Å². The second-order valence-corrected chi connectivity index (χ2v) is 33.2. The number of hydrogen-bond acceptors (Lipinski definition) is 20. The molecule has 0 spiro atoms. The zero-order valence-electron chi connectivity index (χ0n) is 68.4. The van der Waals surface area contributed by atoms with Crippen LogP contribution in [0.1, 0.15) is 117 Å². The van der Waals surface area contributed by atoms with Crippen LogP contribution in [0.25, 0.3) is 51.2 Å². The number of aryl methyl sites for hydroxylation is 3. The van der Waals surface area contributed by atoms with Gasteiger partial charge in [-0.15, -0.1) is 67.2 Å². The van der Waals surface area contributed by atoms with E-state index >= 15 is 4.39 Å². The van der Waals surface area contributed by atoms with Crippen molar-refractivity contribution in [1.82, 2.24) is 49.6 Å². The number of anilines is 2. The molecular weight excluding hydrogens is 1850 g/mol. The number of benzene rings is 9. The average Bonchev–Trinajstić information content (AvgIpc) is 1.61. The van der Waals surface area contributed by atoms with Crippen LogP contribution in [0.15, 0.2) is 240 Å². The van der Waals surface area contributed by atoms with Crippen LogP contribution in [-0.4, -0.2) is 135 Å². The van der Waals surface area contributed by atoms with E-state index in [2.05, 4.69) is 117 Å². The summed E-state index contributed by atoms with van der Waals surface area (Å²) < 4.78 is 190. The Labute approximate surface area is 771 Å². The number of aliphatic imine (C=N–C) groups is 2. The zero-order valence-corrected chi connectivity index (χ0v) is 74.1. The average molecular weight is 1940 g/mol. The normalized spacial score (nSPS) is 13.5. The molecule has 2 aliphatic rings. The minimum atomic E-state index is -4.78. The smallest absolute Gasteiger partial charge is 0.406 e. The third kappa shape index (κ3) is 30.4. The van der Waals surface area contributed by atoms with Crippen molar-refractivity contribution < 1.29 is 84.9 Å².